The Hall–Kier alpha value is -1.05. The highest BCUT2D eigenvalue weighted by atomic mass is 16.1. The Morgan fingerprint density at radius 2 is 2.09 bits per heavy atom. The minimum Gasteiger partial charge on any atom is -0.329 e. The van der Waals surface area contributed by atoms with Crippen LogP contribution in [0.1, 0.15) is 20.8 Å². The number of nitrogens with one attached hydrogen (secondary N) is 1. The third-order valence-corrected chi connectivity index (χ3v) is 1.43. The molecule has 0 aliphatic rings. The molecule has 0 radical (unpaired) electrons. The minimum absolute atomic E-state index is 0.0579. The van der Waals surface area contributed by atoms with Crippen molar-refractivity contribution in [1.29, 1.82) is 0 Å². The van der Waals surface area contributed by atoms with Crippen molar-refractivity contribution < 1.29 is 4.79 Å². The van der Waals surface area contributed by atoms with E-state index in [2.05, 4.69) is 11.9 Å². The van der Waals surface area contributed by atoms with Gasteiger partial charge in [0.05, 0.1) is 0 Å². The summed E-state index contributed by atoms with van der Waals surface area (Å²) in [6.45, 7) is 9.24. The number of carbonyl (C=O) groups is 1. The summed E-state index contributed by atoms with van der Waals surface area (Å²) in [7, 11) is 0. The quantitative estimate of drug-likeness (QED) is 0.616. The second kappa shape index (κ2) is 4.72. The zero-order valence-electron chi connectivity index (χ0n) is 7.35. The van der Waals surface area contributed by atoms with Crippen molar-refractivity contribution in [1.82, 2.24) is 5.32 Å². The predicted octanol–water partition coefficient (Wildman–Crippen LogP) is 1.85. The third-order valence-electron chi connectivity index (χ3n) is 1.43. The van der Waals surface area contributed by atoms with E-state index in [4.69, 9.17) is 0 Å². The maximum Gasteiger partial charge on any atom is 0.251 e. The molecule has 1 amide bonds. The Morgan fingerprint density at radius 1 is 1.55 bits per heavy atom. The lowest BCUT2D eigenvalue weighted by molar-refractivity contribution is -0.117. The lowest BCUT2D eigenvalue weighted by Gasteiger charge is -2.07. The molecule has 0 aliphatic heterocycles. The summed E-state index contributed by atoms with van der Waals surface area (Å²) in [5, 5.41) is 2.53. The van der Waals surface area contributed by atoms with Crippen molar-refractivity contribution in [3.8, 4) is 0 Å². The minimum atomic E-state index is -0.0579. The normalized spacial score (nSPS) is 11.5. The molecule has 0 aromatic rings. The first kappa shape index (κ1) is 9.95. The average molecular weight is 153 g/mol. The Bertz CT molecular complexity index is 180. The number of rotatable bonds is 3. The number of allylic oxidation sites excluding steroid dienone is 1. The molecular weight excluding hydrogens is 138 g/mol. The number of hydrogen-bond acceptors (Lipinski definition) is 1. The molecule has 1 N–H and O–H groups in total. The van der Waals surface area contributed by atoms with Crippen LogP contribution in [0.5, 0.6) is 0 Å². The summed E-state index contributed by atoms with van der Waals surface area (Å²) in [5.74, 6) is 0.206. The average Bonchev–Trinajstić information content (AvgIpc) is 1.88. The van der Waals surface area contributed by atoms with Gasteiger partial charge in [0.25, 0.3) is 5.91 Å². The molecule has 0 saturated heterocycles. The van der Waals surface area contributed by atoms with Crippen LogP contribution < -0.4 is 5.32 Å². The predicted molar refractivity (Wildman–Crippen MR) is 46.9 cm³/mol. The number of hydrogen-bond donors (Lipinski definition) is 1. The summed E-state index contributed by atoms with van der Waals surface area (Å²) in [6.07, 6.45) is 3.22. The maximum atomic E-state index is 11.2. The van der Waals surface area contributed by atoms with Crippen molar-refractivity contribution in [3.05, 3.63) is 24.4 Å². The van der Waals surface area contributed by atoms with Gasteiger partial charge in [-0.05, 0) is 19.0 Å². The molecule has 0 unspecified atom stereocenters. The van der Waals surface area contributed by atoms with Gasteiger partial charge in [0.15, 0.2) is 0 Å². The van der Waals surface area contributed by atoms with Gasteiger partial charge in [0.2, 0.25) is 0 Å². The largest absolute Gasteiger partial charge is 0.329 e. The summed E-state index contributed by atoms with van der Waals surface area (Å²) in [4.78, 5) is 11.2. The summed E-state index contributed by atoms with van der Waals surface area (Å²) < 4.78 is 0. The zero-order valence-corrected chi connectivity index (χ0v) is 7.35. The number of amides is 1. The van der Waals surface area contributed by atoms with Crippen LogP contribution in [0.3, 0.4) is 0 Å². The van der Waals surface area contributed by atoms with Gasteiger partial charge in [0.1, 0.15) is 0 Å². The molecule has 0 aliphatic carbocycles. The van der Waals surface area contributed by atoms with Gasteiger partial charge in [-0.1, -0.05) is 26.5 Å². The molecule has 2 heteroatoms. The molecule has 0 aromatic carbocycles. The first-order chi connectivity index (χ1) is 5.13. The van der Waals surface area contributed by atoms with Crippen molar-refractivity contribution in [2.45, 2.75) is 20.8 Å². The van der Waals surface area contributed by atoms with E-state index in [-0.39, 0.29) is 11.8 Å². The van der Waals surface area contributed by atoms with Gasteiger partial charge in [0, 0.05) is 5.57 Å². The van der Waals surface area contributed by atoms with Crippen LogP contribution in [-0.2, 0) is 4.79 Å². The van der Waals surface area contributed by atoms with Crippen molar-refractivity contribution in [2.75, 3.05) is 0 Å². The van der Waals surface area contributed by atoms with E-state index in [0.717, 1.165) is 5.57 Å². The van der Waals surface area contributed by atoms with Crippen LogP contribution in [-0.4, -0.2) is 5.91 Å². The van der Waals surface area contributed by atoms with E-state index in [1.807, 2.05) is 26.8 Å². The molecule has 0 bridgehead atoms. The molecule has 0 atom stereocenters. The molecule has 0 heterocycles. The Morgan fingerprint density at radius 3 is 2.36 bits per heavy atom. The monoisotopic (exact) mass is 153 g/mol. The van der Waals surface area contributed by atoms with Crippen molar-refractivity contribution >= 4 is 5.91 Å². The van der Waals surface area contributed by atoms with E-state index >= 15 is 0 Å². The topological polar surface area (TPSA) is 29.1 Å². The van der Waals surface area contributed by atoms with E-state index in [9.17, 15) is 4.79 Å². The van der Waals surface area contributed by atoms with E-state index in [1.165, 1.54) is 6.20 Å². The highest BCUT2D eigenvalue weighted by Crippen LogP contribution is 2.08. The van der Waals surface area contributed by atoms with Gasteiger partial charge in [-0.3, -0.25) is 4.79 Å². The van der Waals surface area contributed by atoms with Gasteiger partial charge in [-0.25, -0.2) is 0 Å². The number of carbonyl (C=O) groups excluding carboxylic acids is 1. The fourth-order valence-electron chi connectivity index (χ4n) is 0.903. The molecule has 0 fully saturated rings. The highest BCUT2D eigenvalue weighted by molar-refractivity contribution is 5.94. The molecule has 0 rings (SSSR count). The smallest absolute Gasteiger partial charge is 0.251 e. The van der Waals surface area contributed by atoms with Gasteiger partial charge < -0.3 is 5.32 Å². The molecule has 62 valence electrons. The van der Waals surface area contributed by atoms with Crippen molar-refractivity contribution in [2.24, 2.45) is 5.92 Å². The first-order valence-electron chi connectivity index (χ1n) is 3.71. The lowest BCUT2D eigenvalue weighted by Crippen LogP contribution is -2.21. The third kappa shape index (κ3) is 3.03. The lowest BCUT2D eigenvalue weighted by atomic mass is 10.0. The summed E-state index contributed by atoms with van der Waals surface area (Å²) in [5.41, 5.74) is 0.796. The van der Waals surface area contributed by atoms with Crippen molar-refractivity contribution in [3.63, 3.8) is 0 Å². The highest BCUT2D eigenvalue weighted by Gasteiger charge is 2.09. The second-order valence-electron chi connectivity index (χ2n) is 2.58. The Labute approximate surface area is 68.0 Å². The zero-order chi connectivity index (χ0) is 8.85. The first-order valence-corrected chi connectivity index (χ1v) is 3.71. The van der Waals surface area contributed by atoms with Crippen LogP contribution >= 0.6 is 0 Å². The molecule has 0 aromatic heterocycles. The molecular formula is C9H15NO. The summed E-state index contributed by atoms with van der Waals surface area (Å²) in [6, 6.07) is 0. The molecule has 11 heavy (non-hydrogen) atoms. The molecule has 2 nitrogen and oxygen atoms in total. The van der Waals surface area contributed by atoms with E-state index < -0.39 is 0 Å². The van der Waals surface area contributed by atoms with Crippen LogP contribution in [0.25, 0.3) is 0 Å². The van der Waals surface area contributed by atoms with Crippen LogP contribution in [0.2, 0.25) is 0 Å². The Balaban J connectivity index is 4.28. The molecule has 0 spiro atoms. The van der Waals surface area contributed by atoms with E-state index in [1.54, 1.807) is 0 Å². The van der Waals surface area contributed by atoms with Crippen LogP contribution in [0, 0.1) is 5.92 Å². The molecule has 0 saturated carbocycles. The fraction of sp³-hybridized carbons (Fsp3) is 0.444. The van der Waals surface area contributed by atoms with Crippen LogP contribution in [0.15, 0.2) is 24.4 Å². The summed E-state index contributed by atoms with van der Waals surface area (Å²) >= 11 is 0. The van der Waals surface area contributed by atoms with Crippen LogP contribution in [0.4, 0.5) is 0 Å². The second-order valence-corrected chi connectivity index (χ2v) is 2.58. The standard InChI is InChI=1S/C9H15NO/c1-5-8(7(3)4)9(11)10-6-2/h5-7H,2H2,1,3-4H3,(H,10,11)/b8-5-. The van der Waals surface area contributed by atoms with Gasteiger partial charge >= 0.3 is 0 Å². The van der Waals surface area contributed by atoms with Gasteiger partial charge in [-0.2, -0.15) is 0 Å². The SMILES string of the molecule is C=CNC(=O)/C(=C\C)C(C)C. The van der Waals surface area contributed by atoms with E-state index in [0.29, 0.717) is 0 Å². The van der Waals surface area contributed by atoms with Gasteiger partial charge in [-0.15, -0.1) is 0 Å². The Kier molecular flexibility index (Phi) is 4.27. The maximum absolute atomic E-state index is 11.2. The fourth-order valence-corrected chi connectivity index (χ4v) is 0.903.